The van der Waals surface area contributed by atoms with Gasteiger partial charge in [-0.1, -0.05) is 20.3 Å². The molecule has 1 unspecified atom stereocenters. The minimum Gasteiger partial charge on any atom is -0.472 e. The van der Waals surface area contributed by atoms with Crippen LogP contribution in [-0.2, 0) is 0 Å². The molecular formula is C11H19NO. The lowest BCUT2D eigenvalue weighted by Gasteiger charge is -2.15. The zero-order valence-corrected chi connectivity index (χ0v) is 8.55. The molecule has 2 nitrogen and oxygen atoms in total. The van der Waals surface area contributed by atoms with E-state index in [1.165, 1.54) is 24.8 Å². The van der Waals surface area contributed by atoms with Gasteiger partial charge in [0, 0.05) is 11.6 Å². The van der Waals surface area contributed by atoms with Gasteiger partial charge in [0.05, 0.1) is 12.5 Å². The Kier molecular flexibility index (Phi) is 4.61. The first kappa shape index (κ1) is 10.3. The summed E-state index contributed by atoms with van der Waals surface area (Å²) in [6.07, 6.45) is 7.14. The van der Waals surface area contributed by atoms with Crippen molar-refractivity contribution in [3.05, 3.63) is 24.2 Å². The molecule has 1 aromatic heterocycles. The van der Waals surface area contributed by atoms with Gasteiger partial charge in [0.2, 0.25) is 0 Å². The minimum absolute atomic E-state index is 0.476. The highest BCUT2D eigenvalue weighted by atomic mass is 16.3. The topological polar surface area (TPSA) is 25.2 Å². The first-order valence-electron chi connectivity index (χ1n) is 5.14. The molecule has 0 aliphatic carbocycles. The van der Waals surface area contributed by atoms with E-state index < -0.39 is 0 Å². The molecule has 0 bridgehead atoms. The first-order valence-corrected chi connectivity index (χ1v) is 5.14. The van der Waals surface area contributed by atoms with Crippen LogP contribution in [0.5, 0.6) is 0 Å². The quantitative estimate of drug-likeness (QED) is 0.729. The van der Waals surface area contributed by atoms with Gasteiger partial charge in [0.25, 0.3) is 0 Å². The third kappa shape index (κ3) is 3.23. The smallest absolute Gasteiger partial charge is 0.0950 e. The highest BCUT2D eigenvalue weighted by molar-refractivity contribution is 5.11. The van der Waals surface area contributed by atoms with Gasteiger partial charge in [-0.3, -0.25) is 0 Å². The molecule has 0 saturated heterocycles. The molecule has 0 spiro atoms. The van der Waals surface area contributed by atoms with E-state index in [0.29, 0.717) is 6.04 Å². The van der Waals surface area contributed by atoms with Crippen LogP contribution in [0.25, 0.3) is 0 Å². The second-order valence-corrected chi connectivity index (χ2v) is 3.35. The maximum atomic E-state index is 5.08. The van der Waals surface area contributed by atoms with Crippen LogP contribution in [0.4, 0.5) is 0 Å². The molecule has 0 aliphatic rings. The summed E-state index contributed by atoms with van der Waals surface area (Å²) < 4.78 is 5.08. The van der Waals surface area contributed by atoms with Crippen molar-refractivity contribution < 1.29 is 4.42 Å². The van der Waals surface area contributed by atoms with E-state index in [1.807, 2.05) is 12.3 Å². The van der Waals surface area contributed by atoms with Crippen LogP contribution < -0.4 is 5.32 Å². The Hall–Kier alpha value is -0.760. The summed E-state index contributed by atoms with van der Waals surface area (Å²) in [6, 6.07) is 2.52. The highest BCUT2D eigenvalue weighted by Crippen LogP contribution is 2.18. The van der Waals surface area contributed by atoms with E-state index in [2.05, 4.69) is 19.2 Å². The summed E-state index contributed by atoms with van der Waals surface area (Å²) in [5, 5.41) is 3.51. The summed E-state index contributed by atoms with van der Waals surface area (Å²) in [6.45, 7) is 5.47. The summed E-state index contributed by atoms with van der Waals surface area (Å²) >= 11 is 0. The van der Waals surface area contributed by atoms with Crippen molar-refractivity contribution >= 4 is 0 Å². The Labute approximate surface area is 80.3 Å². The zero-order chi connectivity index (χ0) is 9.52. The molecule has 0 amide bonds. The molecule has 74 valence electrons. The van der Waals surface area contributed by atoms with Crippen LogP contribution in [0.2, 0.25) is 0 Å². The van der Waals surface area contributed by atoms with Gasteiger partial charge in [-0.05, 0) is 25.5 Å². The standard InChI is InChI=1S/C11H19NO/c1-3-5-11(12-7-4-2)10-6-8-13-9-10/h6,8-9,11-12H,3-5,7H2,1-2H3. The van der Waals surface area contributed by atoms with Crippen LogP contribution in [0.15, 0.2) is 23.0 Å². The van der Waals surface area contributed by atoms with Crippen molar-refractivity contribution in [2.24, 2.45) is 0 Å². The Bertz CT molecular complexity index is 206. The Morgan fingerprint density at radius 1 is 1.38 bits per heavy atom. The molecule has 2 heteroatoms. The second-order valence-electron chi connectivity index (χ2n) is 3.35. The number of rotatable bonds is 6. The molecule has 1 heterocycles. The summed E-state index contributed by atoms with van der Waals surface area (Å²) in [4.78, 5) is 0. The van der Waals surface area contributed by atoms with E-state index in [0.717, 1.165) is 6.54 Å². The fraction of sp³-hybridized carbons (Fsp3) is 0.636. The maximum absolute atomic E-state index is 5.08. The van der Waals surface area contributed by atoms with Gasteiger partial charge in [-0.25, -0.2) is 0 Å². The number of nitrogens with one attached hydrogen (secondary N) is 1. The van der Waals surface area contributed by atoms with Crippen LogP contribution >= 0.6 is 0 Å². The van der Waals surface area contributed by atoms with Crippen molar-refractivity contribution in [1.29, 1.82) is 0 Å². The third-order valence-electron chi connectivity index (χ3n) is 2.16. The lowest BCUT2D eigenvalue weighted by molar-refractivity contribution is 0.484. The molecule has 0 aromatic carbocycles. The molecule has 0 saturated carbocycles. The SMILES string of the molecule is CCCNC(CCC)c1ccoc1. The Morgan fingerprint density at radius 2 is 2.23 bits per heavy atom. The number of hydrogen-bond donors (Lipinski definition) is 1. The van der Waals surface area contributed by atoms with Crippen LogP contribution in [-0.4, -0.2) is 6.54 Å². The molecule has 0 radical (unpaired) electrons. The average molecular weight is 181 g/mol. The Morgan fingerprint density at radius 3 is 2.77 bits per heavy atom. The van der Waals surface area contributed by atoms with Crippen molar-refractivity contribution in [3.63, 3.8) is 0 Å². The third-order valence-corrected chi connectivity index (χ3v) is 2.16. The molecule has 0 aliphatic heterocycles. The molecule has 1 aromatic rings. The summed E-state index contributed by atoms with van der Waals surface area (Å²) in [5.74, 6) is 0. The maximum Gasteiger partial charge on any atom is 0.0950 e. The lowest BCUT2D eigenvalue weighted by Crippen LogP contribution is -2.21. The van der Waals surface area contributed by atoms with Gasteiger partial charge in [-0.15, -0.1) is 0 Å². The van der Waals surface area contributed by atoms with Crippen molar-refractivity contribution in [1.82, 2.24) is 5.32 Å². The van der Waals surface area contributed by atoms with E-state index in [1.54, 1.807) is 6.26 Å². The highest BCUT2D eigenvalue weighted by Gasteiger charge is 2.09. The van der Waals surface area contributed by atoms with E-state index in [9.17, 15) is 0 Å². The molecule has 13 heavy (non-hydrogen) atoms. The fourth-order valence-corrected chi connectivity index (χ4v) is 1.47. The van der Waals surface area contributed by atoms with Gasteiger partial charge in [0.15, 0.2) is 0 Å². The van der Waals surface area contributed by atoms with Crippen LogP contribution in [0.1, 0.15) is 44.7 Å². The first-order chi connectivity index (χ1) is 6.38. The molecular weight excluding hydrogens is 162 g/mol. The minimum atomic E-state index is 0.476. The van der Waals surface area contributed by atoms with Crippen molar-refractivity contribution in [2.45, 2.75) is 39.2 Å². The van der Waals surface area contributed by atoms with Gasteiger partial charge in [-0.2, -0.15) is 0 Å². The number of furan rings is 1. The summed E-state index contributed by atoms with van der Waals surface area (Å²) in [5.41, 5.74) is 1.27. The van der Waals surface area contributed by atoms with Gasteiger partial charge >= 0.3 is 0 Å². The zero-order valence-electron chi connectivity index (χ0n) is 8.55. The fourth-order valence-electron chi connectivity index (χ4n) is 1.47. The largest absolute Gasteiger partial charge is 0.472 e. The van der Waals surface area contributed by atoms with Gasteiger partial charge < -0.3 is 9.73 Å². The Balaban J connectivity index is 2.47. The predicted octanol–water partition coefficient (Wildman–Crippen LogP) is 3.12. The number of hydrogen-bond acceptors (Lipinski definition) is 2. The van der Waals surface area contributed by atoms with Crippen LogP contribution in [0, 0.1) is 0 Å². The normalized spacial score (nSPS) is 13.1. The summed E-state index contributed by atoms with van der Waals surface area (Å²) in [7, 11) is 0. The predicted molar refractivity (Wildman–Crippen MR) is 54.7 cm³/mol. The molecule has 1 N–H and O–H groups in total. The second kappa shape index (κ2) is 5.81. The molecule has 1 atom stereocenters. The van der Waals surface area contributed by atoms with Crippen molar-refractivity contribution in [3.8, 4) is 0 Å². The van der Waals surface area contributed by atoms with E-state index in [-0.39, 0.29) is 0 Å². The average Bonchev–Trinajstić information content (AvgIpc) is 2.65. The van der Waals surface area contributed by atoms with E-state index >= 15 is 0 Å². The lowest BCUT2D eigenvalue weighted by atomic mass is 10.1. The monoisotopic (exact) mass is 181 g/mol. The molecule has 1 rings (SSSR count). The van der Waals surface area contributed by atoms with Crippen molar-refractivity contribution in [2.75, 3.05) is 6.54 Å². The van der Waals surface area contributed by atoms with E-state index in [4.69, 9.17) is 4.42 Å². The molecule has 0 fully saturated rings. The van der Waals surface area contributed by atoms with Gasteiger partial charge in [0.1, 0.15) is 0 Å². The van der Waals surface area contributed by atoms with Crippen LogP contribution in [0.3, 0.4) is 0 Å².